The van der Waals surface area contributed by atoms with Crippen LogP contribution in [0.3, 0.4) is 0 Å². The van der Waals surface area contributed by atoms with Crippen LogP contribution in [-0.4, -0.2) is 4.57 Å². The first-order valence-electron chi connectivity index (χ1n) is 22.1. The average molecular weight is 816 g/mol. The molecule has 10 aromatic carbocycles. The fourth-order valence-corrected chi connectivity index (χ4v) is 11.0. The summed E-state index contributed by atoms with van der Waals surface area (Å²) in [6.07, 6.45) is 0. The van der Waals surface area contributed by atoms with Crippen LogP contribution in [0.2, 0.25) is 0 Å². The van der Waals surface area contributed by atoms with Gasteiger partial charge in [0.2, 0.25) is 0 Å². The van der Waals surface area contributed by atoms with Gasteiger partial charge in [0.1, 0.15) is 0 Å². The highest BCUT2D eigenvalue weighted by Gasteiger charge is 2.52. The van der Waals surface area contributed by atoms with Crippen molar-refractivity contribution in [2.24, 2.45) is 0 Å². The van der Waals surface area contributed by atoms with E-state index in [0.717, 1.165) is 39.8 Å². The second-order valence-electron chi connectivity index (χ2n) is 16.8. The van der Waals surface area contributed by atoms with E-state index in [1.165, 1.54) is 66.3 Å². The summed E-state index contributed by atoms with van der Waals surface area (Å²) in [5.41, 5.74) is 20.0. The molecule has 2 aliphatic rings. The van der Waals surface area contributed by atoms with E-state index in [0.29, 0.717) is 0 Å². The van der Waals surface area contributed by atoms with Gasteiger partial charge in [-0.2, -0.15) is 0 Å². The molecule has 0 N–H and O–H groups in total. The molecule has 0 bridgehead atoms. The molecule has 0 saturated carbocycles. The van der Waals surface area contributed by atoms with Crippen LogP contribution in [0, 0.1) is 0 Å². The van der Waals surface area contributed by atoms with Crippen LogP contribution in [0.1, 0.15) is 22.3 Å². The molecular weight excluding hydrogens is 775 g/mol. The van der Waals surface area contributed by atoms with Gasteiger partial charge in [-0.05, 0) is 136 Å². The summed E-state index contributed by atoms with van der Waals surface area (Å²) in [5.74, 6) is 0. The Labute approximate surface area is 373 Å². The van der Waals surface area contributed by atoms with Crippen LogP contribution < -0.4 is 9.80 Å². The van der Waals surface area contributed by atoms with Gasteiger partial charge in [-0.1, -0.05) is 158 Å². The number of hydrogen-bond donors (Lipinski definition) is 0. The summed E-state index contributed by atoms with van der Waals surface area (Å²) in [5, 5.41) is 2.44. The highest BCUT2D eigenvalue weighted by atomic mass is 15.2. The minimum atomic E-state index is -0.522. The predicted octanol–water partition coefficient (Wildman–Crippen LogP) is 16.1. The lowest BCUT2D eigenvalue weighted by atomic mass is 9.70. The van der Waals surface area contributed by atoms with Crippen LogP contribution in [-0.2, 0) is 5.41 Å². The Morgan fingerprint density at radius 1 is 0.297 bits per heavy atom. The van der Waals surface area contributed by atoms with Crippen molar-refractivity contribution in [3.63, 3.8) is 0 Å². The monoisotopic (exact) mass is 815 g/mol. The van der Waals surface area contributed by atoms with E-state index >= 15 is 0 Å². The minimum Gasteiger partial charge on any atom is -0.310 e. The van der Waals surface area contributed by atoms with E-state index < -0.39 is 5.41 Å². The molecule has 1 spiro atoms. The standard InChI is InChI=1S/C61H41N3/c1-5-20-42(21-6-1)62(43-22-7-2-8-23-43)47-36-38-50-48-28-13-16-31-53(48)61(56(50)41-47)54-32-17-14-29-49(54)52-40-46(37-39-55(52)61)63(44-24-9-3-10-25-44)58-34-19-35-59-60(58)51-30-15-18-33-57(51)64(59)45-26-11-4-12-27-45/h1-41H. The lowest BCUT2D eigenvalue weighted by Crippen LogP contribution is -2.26. The molecule has 0 aliphatic heterocycles. The molecule has 1 atom stereocenters. The molecule has 64 heavy (non-hydrogen) atoms. The number of aromatic nitrogens is 1. The normalized spacial score (nSPS) is 14.3. The molecule has 2 aliphatic carbocycles. The van der Waals surface area contributed by atoms with Crippen molar-refractivity contribution in [2.75, 3.05) is 9.80 Å². The molecule has 1 aromatic heterocycles. The number of fused-ring (bicyclic) bond motifs is 13. The predicted molar refractivity (Wildman–Crippen MR) is 266 cm³/mol. The molecule has 0 fully saturated rings. The zero-order valence-corrected chi connectivity index (χ0v) is 35.0. The topological polar surface area (TPSA) is 11.4 Å². The average Bonchev–Trinajstić information content (AvgIpc) is 3.97. The van der Waals surface area contributed by atoms with E-state index in [1.54, 1.807) is 0 Å². The first-order chi connectivity index (χ1) is 31.8. The Morgan fingerprint density at radius 3 is 1.45 bits per heavy atom. The Kier molecular flexibility index (Phi) is 8.13. The smallest absolute Gasteiger partial charge is 0.0726 e. The van der Waals surface area contributed by atoms with Crippen LogP contribution in [0.4, 0.5) is 34.1 Å². The molecule has 0 radical (unpaired) electrons. The Bertz CT molecular complexity index is 3520. The number of para-hydroxylation sites is 5. The van der Waals surface area contributed by atoms with E-state index in [2.05, 4.69) is 263 Å². The molecule has 1 heterocycles. The van der Waals surface area contributed by atoms with Gasteiger partial charge < -0.3 is 14.4 Å². The van der Waals surface area contributed by atoms with Gasteiger partial charge in [0, 0.05) is 44.9 Å². The van der Waals surface area contributed by atoms with E-state index in [1.807, 2.05) is 0 Å². The summed E-state index contributed by atoms with van der Waals surface area (Å²) < 4.78 is 2.40. The van der Waals surface area contributed by atoms with Crippen molar-refractivity contribution >= 4 is 55.9 Å². The fraction of sp³-hybridized carbons (Fsp3) is 0.0164. The second kappa shape index (κ2) is 14.3. The van der Waals surface area contributed by atoms with Crippen molar-refractivity contribution in [3.05, 3.63) is 271 Å². The minimum absolute atomic E-state index is 0.522. The van der Waals surface area contributed by atoms with Gasteiger partial charge in [-0.15, -0.1) is 0 Å². The highest BCUT2D eigenvalue weighted by molar-refractivity contribution is 6.16. The van der Waals surface area contributed by atoms with Gasteiger partial charge in [0.15, 0.2) is 0 Å². The SMILES string of the molecule is c1ccc(N(c2ccccc2)c2ccc3c(c2)C2(c4ccccc4-c4cc(N(c5ccccc5)c5cccc6c5c5ccccc5n6-c5ccccc5)ccc42)c2ccccc2-3)cc1. The van der Waals surface area contributed by atoms with Crippen molar-refractivity contribution < 1.29 is 0 Å². The molecule has 0 saturated heterocycles. The molecular formula is C61H41N3. The van der Waals surface area contributed by atoms with E-state index in [-0.39, 0.29) is 0 Å². The van der Waals surface area contributed by atoms with Crippen molar-refractivity contribution in [3.8, 4) is 27.9 Å². The zero-order chi connectivity index (χ0) is 42.2. The number of anilines is 6. The third kappa shape index (κ3) is 5.22. The number of rotatable bonds is 7. The summed E-state index contributed by atoms with van der Waals surface area (Å²) >= 11 is 0. The van der Waals surface area contributed by atoms with E-state index in [4.69, 9.17) is 0 Å². The van der Waals surface area contributed by atoms with Gasteiger partial charge in [0.05, 0.1) is 22.1 Å². The van der Waals surface area contributed by atoms with Gasteiger partial charge in [-0.3, -0.25) is 0 Å². The molecule has 3 nitrogen and oxygen atoms in total. The zero-order valence-electron chi connectivity index (χ0n) is 35.0. The Hall–Kier alpha value is -8.40. The van der Waals surface area contributed by atoms with Gasteiger partial charge >= 0.3 is 0 Å². The van der Waals surface area contributed by atoms with Gasteiger partial charge in [-0.25, -0.2) is 0 Å². The summed E-state index contributed by atoms with van der Waals surface area (Å²) in [4.78, 5) is 4.85. The summed E-state index contributed by atoms with van der Waals surface area (Å²) in [7, 11) is 0. The number of hydrogen-bond acceptors (Lipinski definition) is 2. The Morgan fingerprint density at radius 2 is 0.781 bits per heavy atom. The lowest BCUT2D eigenvalue weighted by Gasteiger charge is -2.32. The van der Waals surface area contributed by atoms with Crippen molar-refractivity contribution in [1.29, 1.82) is 0 Å². The molecule has 3 heteroatoms. The maximum absolute atomic E-state index is 2.47. The molecule has 300 valence electrons. The number of benzene rings is 10. The molecule has 11 aromatic rings. The maximum atomic E-state index is 2.47. The van der Waals surface area contributed by atoms with Gasteiger partial charge in [0.25, 0.3) is 0 Å². The summed E-state index contributed by atoms with van der Waals surface area (Å²) in [6.45, 7) is 0. The lowest BCUT2D eigenvalue weighted by molar-refractivity contribution is 0.793. The van der Waals surface area contributed by atoms with Crippen LogP contribution in [0.5, 0.6) is 0 Å². The maximum Gasteiger partial charge on any atom is 0.0726 e. The first-order valence-corrected chi connectivity index (χ1v) is 22.1. The fourth-order valence-electron chi connectivity index (χ4n) is 11.0. The summed E-state index contributed by atoms with van der Waals surface area (Å²) in [6, 6.07) is 91.2. The van der Waals surface area contributed by atoms with Crippen LogP contribution in [0.15, 0.2) is 249 Å². The molecule has 1 unspecified atom stereocenters. The third-order valence-corrected chi connectivity index (χ3v) is 13.5. The van der Waals surface area contributed by atoms with Crippen LogP contribution in [0.25, 0.3) is 49.7 Å². The molecule has 13 rings (SSSR count). The third-order valence-electron chi connectivity index (χ3n) is 13.5. The van der Waals surface area contributed by atoms with E-state index in [9.17, 15) is 0 Å². The van der Waals surface area contributed by atoms with Crippen molar-refractivity contribution in [2.45, 2.75) is 5.41 Å². The Balaban J connectivity index is 1.05. The quantitative estimate of drug-likeness (QED) is 0.159. The van der Waals surface area contributed by atoms with Crippen LogP contribution >= 0.6 is 0 Å². The molecule has 0 amide bonds. The largest absolute Gasteiger partial charge is 0.310 e. The highest BCUT2D eigenvalue weighted by Crippen LogP contribution is 2.64. The second-order valence-corrected chi connectivity index (χ2v) is 16.8. The van der Waals surface area contributed by atoms with Crippen molar-refractivity contribution in [1.82, 2.24) is 4.57 Å². The first kappa shape index (κ1) is 36.3. The number of nitrogens with zero attached hydrogens (tertiary/aromatic N) is 3.